The number of nitrogens with one attached hydrogen (secondary N) is 1. The quantitative estimate of drug-likeness (QED) is 0.708. The molecule has 0 unspecified atom stereocenters. The fraction of sp³-hybridized carbons (Fsp3) is 0.625. The first-order valence-corrected chi connectivity index (χ1v) is 10.1. The van der Waals surface area contributed by atoms with Gasteiger partial charge in [-0.05, 0) is 51.0 Å². The third-order valence-electron chi connectivity index (χ3n) is 4.24. The highest BCUT2D eigenvalue weighted by atomic mass is 35.5. The molecule has 1 aliphatic rings. The maximum Gasteiger partial charge on any atom is 0.279 e. The van der Waals surface area contributed by atoms with Gasteiger partial charge in [-0.15, -0.1) is 0 Å². The SMILES string of the molecule is CN(Cc1c(F)cccc1Cl)S(=O)(=O)NCCCN1CCCCC1. The van der Waals surface area contributed by atoms with E-state index in [1.54, 1.807) is 6.07 Å². The van der Waals surface area contributed by atoms with E-state index in [9.17, 15) is 12.8 Å². The molecule has 0 aliphatic carbocycles. The molecule has 0 saturated carbocycles. The lowest BCUT2D eigenvalue weighted by Crippen LogP contribution is -2.39. The summed E-state index contributed by atoms with van der Waals surface area (Å²) in [5.74, 6) is -0.505. The molecule has 1 saturated heterocycles. The second kappa shape index (κ2) is 9.10. The second-order valence-corrected chi connectivity index (χ2v) is 8.38. The Kier molecular flexibility index (Phi) is 7.43. The highest BCUT2D eigenvalue weighted by Gasteiger charge is 2.20. The highest BCUT2D eigenvalue weighted by molar-refractivity contribution is 7.87. The lowest BCUT2D eigenvalue weighted by atomic mass is 10.1. The average Bonchev–Trinajstić information content (AvgIpc) is 2.56. The Morgan fingerprint density at radius 3 is 2.67 bits per heavy atom. The van der Waals surface area contributed by atoms with Crippen molar-refractivity contribution in [3.63, 3.8) is 0 Å². The van der Waals surface area contributed by atoms with Gasteiger partial charge in [-0.1, -0.05) is 24.1 Å². The summed E-state index contributed by atoms with van der Waals surface area (Å²) in [7, 11) is -2.24. The van der Waals surface area contributed by atoms with Crippen LogP contribution in [0.1, 0.15) is 31.2 Å². The molecule has 0 aromatic heterocycles. The number of hydrogen-bond donors (Lipinski definition) is 1. The van der Waals surface area contributed by atoms with E-state index in [0.29, 0.717) is 6.54 Å². The maximum atomic E-state index is 13.8. The molecule has 1 aliphatic heterocycles. The molecule has 0 bridgehead atoms. The molecule has 1 N–H and O–H groups in total. The van der Waals surface area contributed by atoms with Gasteiger partial charge in [0, 0.05) is 30.7 Å². The van der Waals surface area contributed by atoms with Gasteiger partial charge >= 0.3 is 0 Å². The summed E-state index contributed by atoms with van der Waals surface area (Å²) < 4.78 is 41.9. The van der Waals surface area contributed by atoms with Crippen molar-refractivity contribution in [2.45, 2.75) is 32.2 Å². The third-order valence-corrected chi connectivity index (χ3v) is 6.11. The van der Waals surface area contributed by atoms with Crippen LogP contribution in [-0.2, 0) is 16.8 Å². The highest BCUT2D eigenvalue weighted by Crippen LogP contribution is 2.21. The van der Waals surface area contributed by atoms with Gasteiger partial charge in [-0.2, -0.15) is 12.7 Å². The van der Waals surface area contributed by atoms with Crippen LogP contribution in [0.15, 0.2) is 18.2 Å². The number of likely N-dealkylation sites (tertiary alicyclic amines) is 1. The van der Waals surface area contributed by atoms with E-state index in [2.05, 4.69) is 9.62 Å². The molecule has 0 radical (unpaired) electrons. The summed E-state index contributed by atoms with van der Waals surface area (Å²) in [4.78, 5) is 2.36. The summed E-state index contributed by atoms with van der Waals surface area (Å²) in [6.07, 6.45) is 4.48. The Bertz CT molecular complexity index is 616. The number of nitrogens with zero attached hydrogens (tertiary/aromatic N) is 2. The van der Waals surface area contributed by atoms with Gasteiger partial charge in [0.1, 0.15) is 5.82 Å². The topological polar surface area (TPSA) is 52.7 Å². The van der Waals surface area contributed by atoms with E-state index in [4.69, 9.17) is 11.6 Å². The van der Waals surface area contributed by atoms with Gasteiger partial charge in [-0.3, -0.25) is 0 Å². The van der Waals surface area contributed by atoms with Crippen LogP contribution in [0.25, 0.3) is 0 Å². The normalized spacial score (nSPS) is 16.7. The van der Waals surface area contributed by atoms with E-state index in [1.807, 2.05) is 0 Å². The molecule has 1 heterocycles. The predicted octanol–water partition coefficient (Wildman–Crippen LogP) is 2.62. The van der Waals surface area contributed by atoms with Crippen molar-refractivity contribution in [3.05, 3.63) is 34.6 Å². The van der Waals surface area contributed by atoms with Crippen LogP contribution in [0.2, 0.25) is 5.02 Å². The zero-order valence-electron chi connectivity index (χ0n) is 14.0. The first kappa shape index (κ1) is 19.6. The smallest absolute Gasteiger partial charge is 0.279 e. The Hall–Kier alpha value is -0.730. The van der Waals surface area contributed by atoms with E-state index in [-0.39, 0.29) is 17.1 Å². The second-order valence-electron chi connectivity index (χ2n) is 6.11. The number of benzene rings is 1. The van der Waals surface area contributed by atoms with Crippen LogP contribution in [-0.4, -0.2) is 50.8 Å². The van der Waals surface area contributed by atoms with E-state index >= 15 is 0 Å². The molecule has 0 atom stereocenters. The zero-order valence-corrected chi connectivity index (χ0v) is 15.5. The molecule has 1 fully saturated rings. The van der Waals surface area contributed by atoms with Crippen LogP contribution >= 0.6 is 11.6 Å². The van der Waals surface area contributed by atoms with Gasteiger partial charge in [0.15, 0.2) is 0 Å². The Morgan fingerprint density at radius 1 is 1.29 bits per heavy atom. The van der Waals surface area contributed by atoms with Crippen LogP contribution < -0.4 is 4.72 Å². The summed E-state index contributed by atoms with van der Waals surface area (Å²) in [5, 5.41) is 0.224. The molecule has 136 valence electrons. The summed E-state index contributed by atoms with van der Waals surface area (Å²) >= 11 is 5.95. The predicted molar refractivity (Wildman–Crippen MR) is 94.7 cm³/mol. The Labute approximate surface area is 149 Å². The fourth-order valence-electron chi connectivity index (χ4n) is 2.79. The summed E-state index contributed by atoms with van der Waals surface area (Å²) in [6, 6.07) is 4.31. The number of hydrogen-bond acceptors (Lipinski definition) is 3. The monoisotopic (exact) mass is 377 g/mol. The average molecular weight is 378 g/mol. The van der Waals surface area contributed by atoms with Crippen molar-refractivity contribution in [1.29, 1.82) is 0 Å². The van der Waals surface area contributed by atoms with Gasteiger partial charge in [0.05, 0.1) is 0 Å². The molecular formula is C16H25ClFN3O2S. The summed E-state index contributed by atoms with van der Waals surface area (Å²) in [6.45, 7) is 3.35. The number of rotatable bonds is 8. The van der Waals surface area contributed by atoms with Crippen LogP contribution in [0.5, 0.6) is 0 Å². The number of halogens is 2. The van der Waals surface area contributed by atoms with E-state index in [0.717, 1.165) is 30.4 Å². The number of piperidine rings is 1. The standard InChI is InChI=1S/C16H25ClFN3O2S/c1-20(13-14-15(17)7-5-8-16(14)18)24(22,23)19-9-6-12-21-10-3-2-4-11-21/h5,7-8,19H,2-4,6,9-13H2,1H3. The van der Waals surface area contributed by atoms with Gasteiger partial charge in [0.25, 0.3) is 10.2 Å². The van der Waals surface area contributed by atoms with Crippen LogP contribution in [0.4, 0.5) is 4.39 Å². The van der Waals surface area contributed by atoms with Gasteiger partial charge in [-0.25, -0.2) is 9.11 Å². The molecular weight excluding hydrogens is 353 g/mol. The molecule has 5 nitrogen and oxygen atoms in total. The minimum atomic E-state index is -3.66. The Balaban J connectivity index is 1.81. The molecule has 1 aromatic carbocycles. The Morgan fingerprint density at radius 2 is 2.00 bits per heavy atom. The first-order chi connectivity index (χ1) is 11.4. The van der Waals surface area contributed by atoms with Gasteiger partial charge < -0.3 is 4.90 Å². The lowest BCUT2D eigenvalue weighted by Gasteiger charge is -2.26. The van der Waals surface area contributed by atoms with Crippen molar-refractivity contribution < 1.29 is 12.8 Å². The van der Waals surface area contributed by atoms with Crippen molar-refractivity contribution in [3.8, 4) is 0 Å². The maximum absolute atomic E-state index is 13.8. The van der Waals surface area contributed by atoms with Crippen molar-refractivity contribution >= 4 is 21.8 Å². The van der Waals surface area contributed by atoms with Crippen molar-refractivity contribution in [1.82, 2.24) is 13.9 Å². The molecule has 24 heavy (non-hydrogen) atoms. The van der Waals surface area contributed by atoms with Crippen LogP contribution in [0, 0.1) is 5.82 Å². The molecule has 1 aromatic rings. The van der Waals surface area contributed by atoms with Crippen LogP contribution in [0.3, 0.4) is 0 Å². The van der Waals surface area contributed by atoms with Gasteiger partial charge in [0.2, 0.25) is 0 Å². The largest absolute Gasteiger partial charge is 0.303 e. The molecule has 2 rings (SSSR count). The molecule has 0 spiro atoms. The molecule has 8 heteroatoms. The molecule has 0 amide bonds. The van der Waals surface area contributed by atoms with E-state index in [1.165, 1.54) is 38.4 Å². The lowest BCUT2D eigenvalue weighted by molar-refractivity contribution is 0.227. The first-order valence-electron chi connectivity index (χ1n) is 8.26. The van der Waals surface area contributed by atoms with Crippen molar-refractivity contribution in [2.75, 3.05) is 33.2 Å². The minimum Gasteiger partial charge on any atom is -0.303 e. The van der Waals surface area contributed by atoms with Crippen molar-refractivity contribution in [2.24, 2.45) is 0 Å². The third kappa shape index (κ3) is 5.67. The fourth-order valence-corrected chi connectivity index (χ4v) is 3.93. The zero-order chi connectivity index (χ0) is 17.6. The minimum absolute atomic E-state index is 0.104. The van der Waals surface area contributed by atoms with E-state index < -0.39 is 16.0 Å². The summed E-state index contributed by atoms with van der Waals surface area (Å²) in [5.41, 5.74) is 0.181.